The second kappa shape index (κ2) is 8.71. The number of nitrogens with zero attached hydrogens (tertiary/aromatic N) is 1. The molecule has 0 aliphatic heterocycles. The highest BCUT2D eigenvalue weighted by atomic mass is 16.6. The molecular weight excluding hydrogens is 306 g/mol. The van der Waals surface area contributed by atoms with E-state index in [0.29, 0.717) is 0 Å². The summed E-state index contributed by atoms with van der Waals surface area (Å²) >= 11 is 0. The van der Waals surface area contributed by atoms with Gasteiger partial charge in [0, 0.05) is 7.05 Å². The molecule has 0 aliphatic carbocycles. The molecule has 0 saturated carbocycles. The molecular formula is C19H31NO4. The molecule has 1 unspecified atom stereocenters. The molecule has 0 heterocycles. The molecule has 0 radical (unpaired) electrons. The summed E-state index contributed by atoms with van der Waals surface area (Å²) in [5, 5.41) is 9.29. The third-order valence-corrected chi connectivity index (χ3v) is 3.63. The molecule has 0 fully saturated rings. The Hall–Kier alpha value is -2.04. The summed E-state index contributed by atoms with van der Waals surface area (Å²) in [4.78, 5) is 25.1. The van der Waals surface area contributed by atoms with E-state index in [1.807, 2.05) is 45.0 Å². The van der Waals surface area contributed by atoms with Crippen LogP contribution < -0.4 is 0 Å². The van der Waals surface area contributed by atoms with Crippen molar-refractivity contribution in [1.82, 2.24) is 4.90 Å². The van der Waals surface area contributed by atoms with Crippen LogP contribution in [0.1, 0.15) is 59.1 Å². The lowest BCUT2D eigenvalue weighted by atomic mass is 9.84. The van der Waals surface area contributed by atoms with Gasteiger partial charge in [0.15, 0.2) is 0 Å². The Labute approximate surface area is 145 Å². The summed E-state index contributed by atoms with van der Waals surface area (Å²) in [5.41, 5.74) is 0.105. The Bertz CT molecular complexity index is 563. The first-order valence-corrected chi connectivity index (χ1v) is 8.22. The molecule has 1 N–H and O–H groups in total. The number of hydrogen-bond acceptors (Lipinski definition) is 3. The average molecular weight is 337 g/mol. The van der Waals surface area contributed by atoms with Gasteiger partial charge in [-0.2, -0.15) is 0 Å². The number of ether oxygens (including phenoxy) is 1. The number of carbonyl (C=O) groups is 2. The SMILES string of the molecule is CC.Cc1ccccc1C(C)(CC(=O)O)N(C)C(=O)OC(C)(C)C. The van der Waals surface area contributed by atoms with Gasteiger partial charge in [-0.1, -0.05) is 38.1 Å². The fourth-order valence-corrected chi connectivity index (χ4v) is 2.40. The van der Waals surface area contributed by atoms with E-state index in [1.54, 1.807) is 34.7 Å². The van der Waals surface area contributed by atoms with Crippen molar-refractivity contribution in [3.63, 3.8) is 0 Å². The third kappa shape index (κ3) is 5.87. The molecule has 136 valence electrons. The van der Waals surface area contributed by atoms with Gasteiger partial charge in [-0.15, -0.1) is 0 Å². The smallest absolute Gasteiger partial charge is 0.410 e. The highest BCUT2D eigenvalue weighted by Crippen LogP contribution is 2.34. The van der Waals surface area contributed by atoms with Gasteiger partial charge in [-0.05, 0) is 45.7 Å². The number of carbonyl (C=O) groups excluding carboxylic acids is 1. The van der Waals surface area contributed by atoms with Crippen LogP contribution in [0.5, 0.6) is 0 Å². The van der Waals surface area contributed by atoms with Crippen molar-refractivity contribution >= 4 is 12.1 Å². The van der Waals surface area contributed by atoms with Gasteiger partial charge < -0.3 is 14.7 Å². The number of carboxylic acids is 1. The van der Waals surface area contributed by atoms with Gasteiger partial charge in [-0.3, -0.25) is 4.79 Å². The Morgan fingerprint density at radius 3 is 2.04 bits per heavy atom. The van der Waals surface area contributed by atoms with Gasteiger partial charge in [0.05, 0.1) is 12.0 Å². The van der Waals surface area contributed by atoms with E-state index in [9.17, 15) is 14.7 Å². The van der Waals surface area contributed by atoms with E-state index in [2.05, 4.69) is 0 Å². The van der Waals surface area contributed by atoms with Gasteiger partial charge in [-0.25, -0.2) is 4.79 Å². The first-order valence-electron chi connectivity index (χ1n) is 8.22. The zero-order valence-corrected chi connectivity index (χ0v) is 16.1. The van der Waals surface area contributed by atoms with Crippen molar-refractivity contribution in [2.75, 3.05) is 7.05 Å². The highest BCUT2D eigenvalue weighted by molar-refractivity contribution is 5.73. The number of carboxylic acid groups (broad SMARTS) is 1. The summed E-state index contributed by atoms with van der Waals surface area (Å²) < 4.78 is 5.38. The maximum atomic E-state index is 12.4. The standard InChI is InChI=1S/C17H25NO4.C2H6/c1-12-9-7-8-10-13(12)17(5,11-14(19)20)18(6)15(21)22-16(2,3)4;1-2/h7-10H,11H2,1-6H3,(H,19,20);1-2H3. The first kappa shape index (κ1) is 22.0. The average Bonchev–Trinajstić information content (AvgIpc) is 2.46. The minimum absolute atomic E-state index is 0.201. The van der Waals surface area contributed by atoms with E-state index in [1.165, 1.54) is 4.90 Å². The van der Waals surface area contributed by atoms with E-state index < -0.39 is 23.2 Å². The number of aryl methyl sites for hydroxylation is 1. The van der Waals surface area contributed by atoms with Gasteiger partial charge in [0.1, 0.15) is 5.60 Å². The summed E-state index contributed by atoms with van der Waals surface area (Å²) in [7, 11) is 1.57. The van der Waals surface area contributed by atoms with Crippen LogP contribution in [0.2, 0.25) is 0 Å². The Morgan fingerprint density at radius 1 is 1.12 bits per heavy atom. The fraction of sp³-hybridized carbons (Fsp3) is 0.579. The molecule has 0 bridgehead atoms. The molecule has 1 atom stereocenters. The molecule has 5 heteroatoms. The van der Waals surface area contributed by atoms with Crippen molar-refractivity contribution in [3.05, 3.63) is 35.4 Å². The van der Waals surface area contributed by atoms with Crippen LogP contribution in [0.4, 0.5) is 4.79 Å². The maximum absolute atomic E-state index is 12.4. The topological polar surface area (TPSA) is 66.8 Å². The Morgan fingerprint density at radius 2 is 1.62 bits per heavy atom. The second-order valence-electron chi connectivity index (χ2n) is 6.70. The number of hydrogen-bond donors (Lipinski definition) is 1. The fourth-order valence-electron chi connectivity index (χ4n) is 2.40. The minimum Gasteiger partial charge on any atom is -0.481 e. The zero-order valence-electron chi connectivity index (χ0n) is 16.1. The van der Waals surface area contributed by atoms with Crippen molar-refractivity contribution in [1.29, 1.82) is 0 Å². The van der Waals surface area contributed by atoms with Gasteiger partial charge in [0.25, 0.3) is 0 Å². The highest BCUT2D eigenvalue weighted by Gasteiger charge is 2.39. The van der Waals surface area contributed by atoms with E-state index >= 15 is 0 Å². The van der Waals surface area contributed by atoms with Crippen molar-refractivity contribution in [3.8, 4) is 0 Å². The maximum Gasteiger partial charge on any atom is 0.410 e. The third-order valence-electron chi connectivity index (χ3n) is 3.63. The van der Waals surface area contributed by atoms with E-state index in [0.717, 1.165) is 11.1 Å². The Balaban J connectivity index is 0.00000254. The van der Waals surface area contributed by atoms with E-state index in [4.69, 9.17) is 4.74 Å². The summed E-state index contributed by atoms with van der Waals surface area (Å²) in [6, 6.07) is 7.47. The lowest BCUT2D eigenvalue weighted by Gasteiger charge is -2.39. The number of aliphatic carboxylic acids is 1. The van der Waals surface area contributed by atoms with Crippen molar-refractivity contribution in [2.45, 2.75) is 66.0 Å². The van der Waals surface area contributed by atoms with Crippen LogP contribution in [0.25, 0.3) is 0 Å². The summed E-state index contributed by atoms with van der Waals surface area (Å²) in [6.45, 7) is 13.0. The molecule has 0 aromatic heterocycles. The van der Waals surface area contributed by atoms with Crippen LogP contribution in [0.15, 0.2) is 24.3 Å². The predicted octanol–water partition coefficient (Wildman–Crippen LogP) is 4.58. The van der Waals surface area contributed by atoms with Crippen LogP contribution >= 0.6 is 0 Å². The number of benzene rings is 1. The van der Waals surface area contributed by atoms with Crippen LogP contribution in [-0.2, 0) is 15.1 Å². The quantitative estimate of drug-likeness (QED) is 0.873. The monoisotopic (exact) mass is 337 g/mol. The summed E-state index contributed by atoms with van der Waals surface area (Å²) in [6.07, 6.45) is -0.743. The number of rotatable bonds is 4. The molecule has 1 amide bonds. The lowest BCUT2D eigenvalue weighted by molar-refractivity contribution is -0.140. The van der Waals surface area contributed by atoms with Crippen LogP contribution in [-0.4, -0.2) is 34.7 Å². The van der Waals surface area contributed by atoms with Gasteiger partial charge >= 0.3 is 12.1 Å². The normalized spacial score (nSPS) is 13.2. The molecule has 0 saturated heterocycles. The predicted molar refractivity (Wildman–Crippen MR) is 96.1 cm³/mol. The molecule has 5 nitrogen and oxygen atoms in total. The first-order chi connectivity index (χ1) is 11.0. The lowest BCUT2D eigenvalue weighted by Crippen LogP contribution is -2.48. The molecule has 1 rings (SSSR count). The minimum atomic E-state index is -0.987. The Kier molecular flexibility index (Phi) is 7.97. The second-order valence-corrected chi connectivity index (χ2v) is 6.70. The van der Waals surface area contributed by atoms with Crippen LogP contribution in [0.3, 0.4) is 0 Å². The van der Waals surface area contributed by atoms with Gasteiger partial charge in [0.2, 0.25) is 0 Å². The molecule has 24 heavy (non-hydrogen) atoms. The summed E-state index contributed by atoms with van der Waals surface area (Å²) in [5.74, 6) is -0.971. The number of amides is 1. The van der Waals surface area contributed by atoms with Crippen molar-refractivity contribution in [2.24, 2.45) is 0 Å². The molecule has 0 spiro atoms. The zero-order chi connectivity index (χ0) is 19.1. The van der Waals surface area contributed by atoms with Crippen molar-refractivity contribution < 1.29 is 19.4 Å². The molecule has 0 aliphatic rings. The molecule has 1 aromatic rings. The molecule has 1 aromatic carbocycles. The van der Waals surface area contributed by atoms with E-state index in [-0.39, 0.29) is 6.42 Å². The largest absolute Gasteiger partial charge is 0.481 e. The van der Waals surface area contributed by atoms with Crippen LogP contribution in [0, 0.1) is 6.92 Å².